The van der Waals surface area contributed by atoms with Crippen LogP contribution in [-0.2, 0) is 11.2 Å². The zero-order valence-electron chi connectivity index (χ0n) is 12.0. The van der Waals surface area contributed by atoms with Crippen molar-refractivity contribution in [2.24, 2.45) is 5.73 Å². The van der Waals surface area contributed by atoms with Crippen LogP contribution in [0.25, 0.3) is 5.69 Å². The molecule has 0 saturated carbocycles. The molecule has 2 N–H and O–H groups in total. The molecule has 0 unspecified atom stereocenters. The van der Waals surface area contributed by atoms with Gasteiger partial charge in [-0.2, -0.15) is 0 Å². The molecule has 0 aliphatic rings. The van der Waals surface area contributed by atoms with E-state index in [0.717, 1.165) is 11.5 Å². The number of aromatic nitrogens is 3. The van der Waals surface area contributed by atoms with Crippen LogP contribution < -0.4 is 5.73 Å². The summed E-state index contributed by atoms with van der Waals surface area (Å²) < 4.78 is 1.93. The number of nitrogens with two attached hydrogens (primary N) is 1. The van der Waals surface area contributed by atoms with Crippen LogP contribution in [0.5, 0.6) is 0 Å². The Morgan fingerprint density at radius 2 is 2.04 bits per heavy atom. The number of thioether (sulfide) groups is 1. The molecular weight excluding hydrogens is 352 g/mol. The zero-order valence-corrected chi connectivity index (χ0v) is 14.4. The highest BCUT2D eigenvalue weighted by atomic mass is 35.5. The lowest BCUT2D eigenvalue weighted by molar-refractivity contribution is -0.115. The molecule has 0 radical (unpaired) electrons. The number of carbonyl (C=O) groups excluding carboxylic acids is 1. The fourth-order valence-electron chi connectivity index (χ4n) is 2.06. The van der Waals surface area contributed by atoms with Crippen molar-refractivity contribution >= 4 is 40.6 Å². The molecule has 0 bridgehead atoms. The average molecular weight is 365 g/mol. The van der Waals surface area contributed by atoms with E-state index >= 15 is 0 Å². The molecule has 8 heteroatoms. The summed E-state index contributed by atoms with van der Waals surface area (Å²) in [7, 11) is 0. The van der Waals surface area contributed by atoms with Crippen molar-refractivity contribution in [2.75, 3.05) is 5.75 Å². The van der Waals surface area contributed by atoms with Crippen LogP contribution in [0.15, 0.2) is 46.9 Å². The van der Waals surface area contributed by atoms with Gasteiger partial charge in [0.15, 0.2) is 5.16 Å². The van der Waals surface area contributed by atoms with Gasteiger partial charge in [0.25, 0.3) is 0 Å². The number of primary amides is 1. The lowest BCUT2D eigenvalue weighted by Gasteiger charge is -2.09. The van der Waals surface area contributed by atoms with Crippen molar-refractivity contribution in [3.8, 4) is 5.69 Å². The van der Waals surface area contributed by atoms with Gasteiger partial charge in [-0.25, -0.2) is 0 Å². The first-order chi connectivity index (χ1) is 11.1. The fourth-order valence-corrected chi connectivity index (χ4v) is 3.60. The Labute approximate surface area is 146 Å². The van der Waals surface area contributed by atoms with Crippen molar-refractivity contribution < 1.29 is 4.79 Å². The molecule has 3 rings (SSSR count). The third-order valence-corrected chi connectivity index (χ3v) is 5.12. The Hall–Kier alpha value is -1.83. The van der Waals surface area contributed by atoms with E-state index in [9.17, 15) is 4.79 Å². The van der Waals surface area contributed by atoms with Gasteiger partial charge in [-0.05, 0) is 35.7 Å². The number of hydrogen-bond donors (Lipinski definition) is 1. The maximum atomic E-state index is 11.1. The number of carbonyl (C=O) groups is 1. The van der Waals surface area contributed by atoms with Gasteiger partial charge >= 0.3 is 0 Å². The van der Waals surface area contributed by atoms with Gasteiger partial charge in [0.05, 0.1) is 5.75 Å². The predicted octanol–water partition coefficient (Wildman–Crippen LogP) is 3.15. The number of hydrogen-bond acceptors (Lipinski definition) is 5. The van der Waals surface area contributed by atoms with Gasteiger partial charge in [0.2, 0.25) is 5.91 Å². The van der Waals surface area contributed by atoms with E-state index in [0.29, 0.717) is 16.6 Å². The van der Waals surface area contributed by atoms with Gasteiger partial charge in [-0.3, -0.25) is 9.36 Å². The lowest BCUT2D eigenvalue weighted by atomic mass is 10.3. The van der Waals surface area contributed by atoms with E-state index in [1.165, 1.54) is 16.6 Å². The predicted molar refractivity (Wildman–Crippen MR) is 93.4 cm³/mol. The number of amides is 1. The van der Waals surface area contributed by atoms with Crippen molar-refractivity contribution in [1.82, 2.24) is 14.8 Å². The Kier molecular flexibility index (Phi) is 5.00. The second-order valence-electron chi connectivity index (χ2n) is 4.72. The first kappa shape index (κ1) is 16.0. The van der Waals surface area contributed by atoms with Crippen LogP contribution in [0.1, 0.15) is 10.7 Å². The van der Waals surface area contributed by atoms with Gasteiger partial charge in [-0.15, -0.1) is 21.5 Å². The van der Waals surface area contributed by atoms with E-state index < -0.39 is 0 Å². The molecule has 118 valence electrons. The summed E-state index contributed by atoms with van der Waals surface area (Å²) in [6.07, 6.45) is 0.671. The minimum absolute atomic E-state index is 0.157. The summed E-state index contributed by atoms with van der Waals surface area (Å²) in [5.41, 5.74) is 6.13. The Bertz CT molecular complexity index is 800. The number of thiophene rings is 1. The zero-order chi connectivity index (χ0) is 16.2. The van der Waals surface area contributed by atoms with Crippen LogP contribution in [-0.4, -0.2) is 26.4 Å². The number of rotatable bonds is 6. The molecule has 3 aromatic rings. The smallest absolute Gasteiger partial charge is 0.227 e. The molecule has 1 amide bonds. The second kappa shape index (κ2) is 7.16. The quantitative estimate of drug-likeness (QED) is 0.682. The maximum Gasteiger partial charge on any atom is 0.227 e. The van der Waals surface area contributed by atoms with Crippen molar-refractivity contribution in [2.45, 2.75) is 11.6 Å². The molecule has 0 spiro atoms. The van der Waals surface area contributed by atoms with E-state index in [4.69, 9.17) is 17.3 Å². The number of benzene rings is 1. The standard InChI is InChI=1S/C15H13ClN4OS2/c16-10-3-5-11(6-4-10)20-14(8-12-2-1-7-22-12)18-19-15(20)23-9-13(17)21/h1-7H,8-9H2,(H2,17,21). The monoisotopic (exact) mass is 364 g/mol. The molecule has 23 heavy (non-hydrogen) atoms. The lowest BCUT2D eigenvalue weighted by Crippen LogP contribution is -2.14. The van der Waals surface area contributed by atoms with Crippen LogP contribution in [0.4, 0.5) is 0 Å². The third kappa shape index (κ3) is 3.93. The highest BCUT2D eigenvalue weighted by Crippen LogP contribution is 2.25. The van der Waals surface area contributed by atoms with Gasteiger partial charge < -0.3 is 5.73 Å². The van der Waals surface area contributed by atoms with Crippen molar-refractivity contribution in [3.05, 3.63) is 57.5 Å². The Morgan fingerprint density at radius 3 is 2.70 bits per heavy atom. The highest BCUT2D eigenvalue weighted by Gasteiger charge is 2.16. The van der Waals surface area contributed by atoms with Gasteiger partial charge in [0, 0.05) is 22.0 Å². The first-order valence-corrected chi connectivity index (χ1v) is 9.01. The molecule has 0 fully saturated rings. The van der Waals surface area contributed by atoms with Gasteiger partial charge in [0.1, 0.15) is 5.82 Å². The molecule has 2 aromatic heterocycles. The Morgan fingerprint density at radius 1 is 1.26 bits per heavy atom. The number of halogens is 1. The summed E-state index contributed by atoms with van der Waals surface area (Å²) in [5, 5.41) is 11.8. The molecule has 2 heterocycles. The summed E-state index contributed by atoms with van der Waals surface area (Å²) in [5.74, 6) is 0.576. The molecule has 0 aliphatic carbocycles. The van der Waals surface area contributed by atoms with Crippen molar-refractivity contribution in [3.63, 3.8) is 0 Å². The molecule has 0 saturated heterocycles. The summed E-state index contributed by atoms with van der Waals surface area (Å²) in [6.45, 7) is 0. The summed E-state index contributed by atoms with van der Waals surface area (Å²) >= 11 is 8.91. The van der Waals surface area contributed by atoms with E-state index in [2.05, 4.69) is 16.3 Å². The molecule has 0 aliphatic heterocycles. The van der Waals surface area contributed by atoms with Crippen LogP contribution >= 0.6 is 34.7 Å². The molecule has 1 aromatic carbocycles. The third-order valence-electron chi connectivity index (χ3n) is 3.04. The van der Waals surface area contributed by atoms with Crippen LogP contribution in [0, 0.1) is 0 Å². The maximum absolute atomic E-state index is 11.1. The largest absolute Gasteiger partial charge is 0.369 e. The van der Waals surface area contributed by atoms with Crippen LogP contribution in [0.3, 0.4) is 0 Å². The van der Waals surface area contributed by atoms with E-state index in [1.54, 1.807) is 11.3 Å². The summed E-state index contributed by atoms with van der Waals surface area (Å²) in [6, 6.07) is 11.5. The minimum atomic E-state index is -0.388. The fraction of sp³-hybridized carbons (Fsp3) is 0.133. The van der Waals surface area contributed by atoms with E-state index in [1.807, 2.05) is 40.3 Å². The summed E-state index contributed by atoms with van der Waals surface area (Å²) in [4.78, 5) is 12.2. The highest BCUT2D eigenvalue weighted by molar-refractivity contribution is 7.99. The number of nitrogens with zero attached hydrogens (tertiary/aromatic N) is 3. The minimum Gasteiger partial charge on any atom is -0.369 e. The first-order valence-electron chi connectivity index (χ1n) is 6.77. The van der Waals surface area contributed by atoms with Crippen LogP contribution in [0.2, 0.25) is 5.02 Å². The average Bonchev–Trinajstić information content (AvgIpc) is 3.16. The topological polar surface area (TPSA) is 73.8 Å². The van der Waals surface area contributed by atoms with Crippen molar-refractivity contribution in [1.29, 1.82) is 0 Å². The Balaban J connectivity index is 1.98. The molecular formula is C15H13ClN4OS2. The SMILES string of the molecule is NC(=O)CSc1nnc(Cc2cccs2)n1-c1ccc(Cl)cc1. The second-order valence-corrected chi connectivity index (χ2v) is 7.13. The normalized spacial score (nSPS) is 10.8. The molecule has 5 nitrogen and oxygen atoms in total. The molecule has 0 atom stereocenters. The van der Waals surface area contributed by atoms with E-state index in [-0.39, 0.29) is 11.7 Å². The van der Waals surface area contributed by atoms with Gasteiger partial charge in [-0.1, -0.05) is 29.4 Å².